The van der Waals surface area contributed by atoms with E-state index < -0.39 is 11.6 Å². The molecule has 1 nitrogen and oxygen atoms in total. The Kier molecular flexibility index (Phi) is 4.67. The van der Waals surface area contributed by atoms with Gasteiger partial charge in [0.05, 0.1) is 11.3 Å². The summed E-state index contributed by atoms with van der Waals surface area (Å²) >= 11 is 3.51. The molecule has 1 heterocycles. The van der Waals surface area contributed by atoms with Gasteiger partial charge in [-0.2, -0.15) is 0 Å². The van der Waals surface area contributed by atoms with Crippen LogP contribution >= 0.6 is 15.9 Å². The molecule has 0 fully saturated rings. The predicted octanol–water partition coefficient (Wildman–Crippen LogP) is 5.96. The van der Waals surface area contributed by atoms with Crippen LogP contribution < -0.4 is 0 Å². The maximum atomic E-state index is 14.5. The van der Waals surface area contributed by atoms with Gasteiger partial charge in [0.25, 0.3) is 0 Å². The van der Waals surface area contributed by atoms with Crippen LogP contribution in [0.25, 0.3) is 11.3 Å². The zero-order valence-electron chi connectivity index (χ0n) is 13.2. The van der Waals surface area contributed by atoms with Crippen molar-refractivity contribution in [3.63, 3.8) is 0 Å². The predicted molar refractivity (Wildman–Crippen MR) is 98.1 cm³/mol. The molecule has 24 heavy (non-hydrogen) atoms. The summed E-state index contributed by atoms with van der Waals surface area (Å²) in [5.74, 6) is -1.17. The summed E-state index contributed by atoms with van der Waals surface area (Å²) < 4.78 is 29.8. The van der Waals surface area contributed by atoms with Gasteiger partial charge in [0, 0.05) is 22.3 Å². The Labute approximate surface area is 148 Å². The van der Waals surface area contributed by atoms with E-state index in [2.05, 4.69) is 22.5 Å². The van der Waals surface area contributed by atoms with Crippen molar-refractivity contribution in [3.8, 4) is 0 Å². The highest BCUT2D eigenvalue weighted by Crippen LogP contribution is 2.42. The first kappa shape index (κ1) is 16.7. The molecule has 2 aromatic carbocycles. The van der Waals surface area contributed by atoms with Crippen molar-refractivity contribution < 1.29 is 8.78 Å². The van der Waals surface area contributed by atoms with Gasteiger partial charge in [-0.15, -0.1) is 0 Å². The lowest BCUT2D eigenvalue weighted by Gasteiger charge is -2.34. The lowest BCUT2D eigenvalue weighted by atomic mass is 9.94. The van der Waals surface area contributed by atoms with E-state index in [9.17, 15) is 8.78 Å². The highest BCUT2D eigenvalue weighted by Gasteiger charge is 2.28. The number of likely N-dealkylation sites (N-methyl/N-ethyl adjacent to an activating group) is 1. The van der Waals surface area contributed by atoms with Gasteiger partial charge in [0.2, 0.25) is 0 Å². The molecule has 0 aliphatic carbocycles. The fraction of sp³-hybridized carbons (Fsp3) is 0.100. The molecule has 1 aliphatic rings. The van der Waals surface area contributed by atoms with Crippen molar-refractivity contribution in [1.29, 1.82) is 0 Å². The molecule has 2 aromatic rings. The largest absolute Gasteiger partial charge is 0.340 e. The third-order valence-corrected chi connectivity index (χ3v) is 4.68. The van der Waals surface area contributed by atoms with E-state index >= 15 is 0 Å². The molecule has 0 saturated heterocycles. The van der Waals surface area contributed by atoms with Crippen LogP contribution in [-0.2, 0) is 0 Å². The van der Waals surface area contributed by atoms with Crippen LogP contribution in [0.2, 0.25) is 0 Å². The summed E-state index contributed by atoms with van der Waals surface area (Å²) in [6.07, 6.45) is 1.87. The van der Waals surface area contributed by atoms with E-state index in [0.29, 0.717) is 17.9 Å². The first-order chi connectivity index (χ1) is 11.5. The number of allylic oxidation sites excluding steroid dienone is 3. The molecule has 4 heteroatoms. The second-order valence-electron chi connectivity index (χ2n) is 5.41. The summed E-state index contributed by atoms with van der Waals surface area (Å²) in [6.45, 7) is 6.51. The van der Waals surface area contributed by atoms with Gasteiger partial charge < -0.3 is 4.90 Å². The average molecular weight is 388 g/mol. The number of halogens is 3. The number of nitrogens with zero attached hydrogens (tertiary/aromatic N) is 1. The summed E-state index contributed by atoms with van der Waals surface area (Å²) in [5, 5.41) is 0. The van der Waals surface area contributed by atoms with Crippen molar-refractivity contribution in [2.45, 2.75) is 6.92 Å². The molecule has 3 rings (SSSR count). The van der Waals surface area contributed by atoms with E-state index in [-0.39, 0.29) is 5.56 Å². The SMILES string of the molecule is C=C1C(Br)=CC(c2ccccc2)=C(c2c(F)cccc2F)N1CC. The monoisotopic (exact) mass is 387 g/mol. The Morgan fingerprint density at radius 1 is 1.00 bits per heavy atom. The van der Waals surface area contributed by atoms with Crippen LogP contribution in [0.15, 0.2) is 71.4 Å². The van der Waals surface area contributed by atoms with Gasteiger partial charge in [-0.3, -0.25) is 0 Å². The summed E-state index contributed by atoms with van der Waals surface area (Å²) in [7, 11) is 0. The van der Waals surface area contributed by atoms with E-state index in [1.54, 1.807) is 0 Å². The second-order valence-corrected chi connectivity index (χ2v) is 6.26. The molecule has 0 amide bonds. The first-order valence-corrected chi connectivity index (χ1v) is 8.42. The van der Waals surface area contributed by atoms with Crippen LogP contribution in [0, 0.1) is 11.6 Å². The molecule has 0 saturated carbocycles. The second kappa shape index (κ2) is 6.73. The van der Waals surface area contributed by atoms with Gasteiger partial charge in [0.1, 0.15) is 11.6 Å². The number of hydrogen-bond acceptors (Lipinski definition) is 1. The van der Waals surface area contributed by atoms with Crippen molar-refractivity contribution in [1.82, 2.24) is 4.90 Å². The standard InChI is InChI=1S/C20H16BrF2N/c1-3-24-13(2)16(21)12-15(14-8-5-4-6-9-14)20(24)19-17(22)10-7-11-18(19)23/h4-12H,2-3H2,1H3. The van der Waals surface area contributed by atoms with Crippen LogP contribution in [0.1, 0.15) is 18.1 Å². The summed E-state index contributed by atoms with van der Waals surface area (Å²) in [4.78, 5) is 1.83. The Hall–Kier alpha value is -2.20. The molecule has 0 atom stereocenters. The Morgan fingerprint density at radius 2 is 1.62 bits per heavy atom. The molecule has 0 spiro atoms. The number of benzene rings is 2. The third-order valence-electron chi connectivity index (χ3n) is 4.00. The number of hydrogen-bond donors (Lipinski definition) is 0. The normalized spacial score (nSPS) is 14.9. The average Bonchev–Trinajstić information content (AvgIpc) is 2.58. The zero-order valence-corrected chi connectivity index (χ0v) is 14.8. The van der Waals surface area contributed by atoms with Gasteiger partial charge in [-0.05, 0) is 46.6 Å². The topological polar surface area (TPSA) is 3.24 Å². The molecule has 0 N–H and O–H groups in total. The van der Waals surface area contributed by atoms with Crippen molar-refractivity contribution in [2.24, 2.45) is 0 Å². The van der Waals surface area contributed by atoms with Crippen LogP contribution in [-0.4, -0.2) is 11.4 Å². The minimum absolute atomic E-state index is 0.0318. The molecule has 1 aliphatic heterocycles. The van der Waals surface area contributed by atoms with Crippen molar-refractivity contribution >= 4 is 27.2 Å². The van der Waals surface area contributed by atoms with E-state index in [1.807, 2.05) is 48.2 Å². The minimum Gasteiger partial charge on any atom is -0.340 e. The molecule has 0 unspecified atom stereocenters. The molecular formula is C20H16BrF2N. The quantitative estimate of drug-likeness (QED) is 0.627. The summed E-state index contributed by atoms with van der Waals surface area (Å²) in [5.41, 5.74) is 2.77. The maximum Gasteiger partial charge on any atom is 0.135 e. The Morgan fingerprint density at radius 3 is 2.21 bits per heavy atom. The van der Waals surface area contributed by atoms with E-state index in [0.717, 1.165) is 15.6 Å². The first-order valence-electron chi connectivity index (χ1n) is 7.62. The van der Waals surface area contributed by atoms with Crippen LogP contribution in [0.4, 0.5) is 8.78 Å². The smallest absolute Gasteiger partial charge is 0.135 e. The maximum absolute atomic E-state index is 14.5. The van der Waals surface area contributed by atoms with E-state index in [4.69, 9.17) is 0 Å². The number of rotatable bonds is 3. The van der Waals surface area contributed by atoms with Crippen molar-refractivity contribution in [3.05, 3.63) is 94.1 Å². The highest BCUT2D eigenvalue weighted by molar-refractivity contribution is 9.12. The van der Waals surface area contributed by atoms with Crippen LogP contribution in [0.5, 0.6) is 0 Å². The molecule has 0 aromatic heterocycles. The molecular weight excluding hydrogens is 372 g/mol. The van der Waals surface area contributed by atoms with E-state index in [1.165, 1.54) is 18.2 Å². The fourth-order valence-electron chi connectivity index (χ4n) is 2.87. The van der Waals surface area contributed by atoms with Gasteiger partial charge in [0.15, 0.2) is 0 Å². The molecule has 122 valence electrons. The molecule has 0 bridgehead atoms. The lowest BCUT2D eigenvalue weighted by molar-refractivity contribution is 0.509. The Bertz CT molecular complexity index is 833. The fourth-order valence-corrected chi connectivity index (χ4v) is 3.31. The lowest BCUT2D eigenvalue weighted by Crippen LogP contribution is -2.25. The van der Waals surface area contributed by atoms with Crippen molar-refractivity contribution in [2.75, 3.05) is 6.54 Å². The zero-order chi connectivity index (χ0) is 17.3. The molecule has 0 radical (unpaired) electrons. The van der Waals surface area contributed by atoms with Gasteiger partial charge >= 0.3 is 0 Å². The minimum atomic E-state index is -0.587. The Balaban J connectivity index is 2.37. The van der Waals surface area contributed by atoms with Crippen LogP contribution in [0.3, 0.4) is 0 Å². The summed E-state index contributed by atoms with van der Waals surface area (Å²) in [6, 6.07) is 13.5. The highest BCUT2D eigenvalue weighted by atomic mass is 79.9. The third kappa shape index (κ3) is 2.82. The van der Waals surface area contributed by atoms with Gasteiger partial charge in [-0.1, -0.05) is 43.0 Å². The van der Waals surface area contributed by atoms with Gasteiger partial charge in [-0.25, -0.2) is 8.78 Å².